The van der Waals surface area contributed by atoms with Crippen LogP contribution < -0.4 is 4.74 Å². The van der Waals surface area contributed by atoms with Gasteiger partial charge in [-0.1, -0.05) is 15.9 Å². The second kappa shape index (κ2) is 4.66. The summed E-state index contributed by atoms with van der Waals surface area (Å²) in [6.45, 7) is 3.51. The van der Waals surface area contributed by atoms with Crippen molar-refractivity contribution in [2.24, 2.45) is 0 Å². The first-order chi connectivity index (χ1) is 6.89. The zero-order chi connectivity index (χ0) is 11.5. The monoisotopic (exact) mass is 272 g/mol. The van der Waals surface area contributed by atoms with Crippen molar-refractivity contribution < 1.29 is 14.6 Å². The Morgan fingerprint density at radius 2 is 1.93 bits per heavy atom. The van der Waals surface area contributed by atoms with Crippen molar-refractivity contribution in [1.29, 1.82) is 0 Å². The average Bonchev–Trinajstić information content (AvgIpc) is 2.06. The number of hydrogen-bond acceptors (Lipinski definition) is 2. The molecule has 1 rings (SSSR count). The summed E-state index contributed by atoms with van der Waals surface area (Å²) >= 11 is 3.32. The number of aliphatic carboxylic acids is 1. The first-order valence-electron chi connectivity index (χ1n) is 4.55. The van der Waals surface area contributed by atoms with Gasteiger partial charge in [-0.15, -0.1) is 0 Å². The average molecular weight is 273 g/mol. The maximum atomic E-state index is 10.6. The first kappa shape index (κ1) is 12.0. The van der Waals surface area contributed by atoms with E-state index in [4.69, 9.17) is 9.84 Å². The van der Waals surface area contributed by atoms with Crippen molar-refractivity contribution in [3.05, 3.63) is 28.7 Å². The standard InChI is InChI=1S/C11H13BrO3/c1-11(2,7-10(13)14)15-9-5-3-8(12)4-6-9/h3-6H,7H2,1-2H3,(H,13,14). The van der Waals surface area contributed by atoms with Crippen molar-refractivity contribution in [2.45, 2.75) is 25.9 Å². The quantitative estimate of drug-likeness (QED) is 0.916. The fourth-order valence-corrected chi connectivity index (χ4v) is 1.49. The fraction of sp³-hybridized carbons (Fsp3) is 0.364. The zero-order valence-corrected chi connectivity index (χ0v) is 10.2. The van der Waals surface area contributed by atoms with Crippen LogP contribution in [0.2, 0.25) is 0 Å². The molecule has 82 valence electrons. The van der Waals surface area contributed by atoms with Crippen LogP contribution >= 0.6 is 15.9 Å². The van der Waals surface area contributed by atoms with Crippen LogP contribution in [0.15, 0.2) is 28.7 Å². The smallest absolute Gasteiger partial charge is 0.307 e. The summed E-state index contributed by atoms with van der Waals surface area (Å²) < 4.78 is 6.53. The van der Waals surface area contributed by atoms with Gasteiger partial charge in [0.25, 0.3) is 0 Å². The second-order valence-electron chi connectivity index (χ2n) is 3.89. The fourth-order valence-electron chi connectivity index (χ4n) is 1.22. The Kier molecular flexibility index (Phi) is 3.74. The Morgan fingerprint density at radius 3 is 2.40 bits per heavy atom. The number of ether oxygens (including phenoxy) is 1. The number of carboxylic acid groups (broad SMARTS) is 1. The lowest BCUT2D eigenvalue weighted by Gasteiger charge is -2.24. The molecule has 1 aromatic rings. The zero-order valence-electron chi connectivity index (χ0n) is 8.66. The molecule has 0 aliphatic heterocycles. The van der Waals surface area contributed by atoms with Crippen molar-refractivity contribution in [3.8, 4) is 5.75 Å². The van der Waals surface area contributed by atoms with Crippen molar-refractivity contribution >= 4 is 21.9 Å². The third kappa shape index (κ3) is 4.34. The summed E-state index contributed by atoms with van der Waals surface area (Å²) in [7, 11) is 0. The van der Waals surface area contributed by atoms with E-state index in [1.165, 1.54) is 0 Å². The summed E-state index contributed by atoms with van der Waals surface area (Å²) in [5.74, 6) is -0.193. The normalized spacial score (nSPS) is 11.1. The minimum Gasteiger partial charge on any atom is -0.487 e. The van der Waals surface area contributed by atoms with Gasteiger partial charge in [-0.3, -0.25) is 4.79 Å². The van der Waals surface area contributed by atoms with E-state index in [0.29, 0.717) is 5.75 Å². The van der Waals surface area contributed by atoms with E-state index in [1.54, 1.807) is 26.0 Å². The van der Waals surface area contributed by atoms with E-state index >= 15 is 0 Å². The third-order valence-electron chi connectivity index (χ3n) is 1.78. The van der Waals surface area contributed by atoms with E-state index in [-0.39, 0.29) is 6.42 Å². The molecule has 0 amide bonds. The molecule has 0 radical (unpaired) electrons. The van der Waals surface area contributed by atoms with Crippen LogP contribution in [0.5, 0.6) is 5.75 Å². The Hall–Kier alpha value is -1.03. The molecule has 3 nitrogen and oxygen atoms in total. The van der Waals surface area contributed by atoms with Crippen LogP contribution in [0, 0.1) is 0 Å². The minimum absolute atomic E-state index is 0.0247. The molecule has 15 heavy (non-hydrogen) atoms. The maximum Gasteiger partial charge on any atom is 0.307 e. The van der Waals surface area contributed by atoms with Gasteiger partial charge >= 0.3 is 5.97 Å². The van der Waals surface area contributed by atoms with Crippen molar-refractivity contribution in [1.82, 2.24) is 0 Å². The Labute approximate surface area is 97.2 Å². The molecular weight excluding hydrogens is 260 g/mol. The summed E-state index contributed by atoms with van der Waals surface area (Å²) in [6.07, 6.45) is -0.0247. The third-order valence-corrected chi connectivity index (χ3v) is 2.31. The minimum atomic E-state index is -0.864. The van der Waals surface area contributed by atoms with Gasteiger partial charge in [0.1, 0.15) is 11.4 Å². The first-order valence-corrected chi connectivity index (χ1v) is 5.35. The van der Waals surface area contributed by atoms with E-state index in [9.17, 15) is 4.79 Å². The lowest BCUT2D eigenvalue weighted by molar-refractivity contribution is -0.140. The molecule has 0 atom stereocenters. The van der Waals surface area contributed by atoms with Gasteiger partial charge in [0, 0.05) is 4.47 Å². The van der Waals surface area contributed by atoms with Crippen LogP contribution in [-0.2, 0) is 4.79 Å². The van der Waals surface area contributed by atoms with E-state index in [1.807, 2.05) is 12.1 Å². The molecular formula is C11H13BrO3. The molecule has 0 spiro atoms. The summed E-state index contributed by atoms with van der Waals surface area (Å²) in [5, 5.41) is 8.68. The molecule has 1 N–H and O–H groups in total. The highest BCUT2D eigenvalue weighted by Gasteiger charge is 2.23. The predicted octanol–water partition coefficient (Wildman–Crippen LogP) is 3.08. The van der Waals surface area contributed by atoms with Crippen LogP contribution in [0.1, 0.15) is 20.3 Å². The van der Waals surface area contributed by atoms with Gasteiger partial charge in [-0.25, -0.2) is 0 Å². The molecule has 0 aliphatic carbocycles. The molecule has 0 saturated carbocycles. The Bertz CT molecular complexity index is 343. The number of carbonyl (C=O) groups is 1. The highest BCUT2D eigenvalue weighted by Crippen LogP contribution is 2.22. The van der Waals surface area contributed by atoms with Crippen molar-refractivity contribution in [3.63, 3.8) is 0 Å². The Balaban J connectivity index is 2.68. The van der Waals surface area contributed by atoms with Crippen LogP contribution in [0.3, 0.4) is 0 Å². The van der Waals surface area contributed by atoms with Gasteiger partial charge < -0.3 is 9.84 Å². The second-order valence-corrected chi connectivity index (χ2v) is 4.80. The summed E-state index contributed by atoms with van der Waals surface area (Å²) in [6, 6.07) is 7.31. The number of halogens is 1. The van der Waals surface area contributed by atoms with E-state index in [0.717, 1.165) is 4.47 Å². The molecule has 1 aromatic carbocycles. The lowest BCUT2D eigenvalue weighted by Crippen LogP contribution is -2.31. The maximum absolute atomic E-state index is 10.6. The van der Waals surface area contributed by atoms with E-state index < -0.39 is 11.6 Å². The highest BCUT2D eigenvalue weighted by molar-refractivity contribution is 9.10. The van der Waals surface area contributed by atoms with Gasteiger partial charge in [0.15, 0.2) is 0 Å². The molecule has 0 heterocycles. The summed E-state index contributed by atoms with van der Waals surface area (Å²) in [5.41, 5.74) is -0.695. The number of benzene rings is 1. The van der Waals surface area contributed by atoms with E-state index in [2.05, 4.69) is 15.9 Å². The van der Waals surface area contributed by atoms with Gasteiger partial charge in [-0.05, 0) is 38.1 Å². The molecule has 4 heteroatoms. The molecule has 0 unspecified atom stereocenters. The molecule has 0 aliphatic rings. The number of carboxylic acids is 1. The topological polar surface area (TPSA) is 46.5 Å². The number of hydrogen-bond donors (Lipinski definition) is 1. The predicted molar refractivity (Wildman–Crippen MR) is 61.1 cm³/mol. The van der Waals surface area contributed by atoms with Gasteiger partial charge in [-0.2, -0.15) is 0 Å². The SMILES string of the molecule is CC(C)(CC(=O)O)Oc1ccc(Br)cc1. The Morgan fingerprint density at radius 1 is 1.40 bits per heavy atom. The number of rotatable bonds is 4. The molecule has 0 bridgehead atoms. The largest absolute Gasteiger partial charge is 0.487 e. The van der Waals surface area contributed by atoms with Gasteiger partial charge in [0.2, 0.25) is 0 Å². The molecule has 0 fully saturated rings. The van der Waals surface area contributed by atoms with Gasteiger partial charge in [0.05, 0.1) is 6.42 Å². The summed E-state index contributed by atoms with van der Waals surface area (Å²) in [4.78, 5) is 10.6. The molecule has 0 saturated heterocycles. The van der Waals surface area contributed by atoms with Crippen LogP contribution in [0.4, 0.5) is 0 Å². The van der Waals surface area contributed by atoms with Crippen LogP contribution in [0.25, 0.3) is 0 Å². The van der Waals surface area contributed by atoms with Crippen molar-refractivity contribution in [2.75, 3.05) is 0 Å². The molecule has 0 aromatic heterocycles. The highest BCUT2D eigenvalue weighted by atomic mass is 79.9. The lowest BCUT2D eigenvalue weighted by atomic mass is 10.1. The van der Waals surface area contributed by atoms with Crippen LogP contribution in [-0.4, -0.2) is 16.7 Å².